The third-order valence-electron chi connectivity index (χ3n) is 3.37. The van der Waals surface area contributed by atoms with Crippen molar-refractivity contribution in [2.24, 2.45) is 5.92 Å². The molecule has 20 heavy (non-hydrogen) atoms. The summed E-state index contributed by atoms with van der Waals surface area (Å²) in [5.74, 6) is 6.64. The largest absolute Gasteiger partial charge is 0.395 e. The SMILES string of the molecule is Cc1cc(C#CCCO)cc(C(=O)N(C)CC2CC2)c1. The van der Waals surface area contributed by atoms with E-state index < -0.39 is 0 Å². The second-order valence-corrected chi connectivity index (χ2v) is 5.49. The molecule has 1 saturated carbocycles. The van der Waals surface area contributed by atoms with E-state index in [1.54, 1.807) is 4.90 Å². The summed E-state index contributed by atoms with van der Waals surface area (Å²) in [6, 6.07) is 5.70. The molecular formula is C17H21NO2. The molecule has 1 aliphatic carbocycles. The van der Waals surface area contributed by atoms with E-state index in [2.05, 4.69) is 11.8 Å². The van der Waals surface area contributed by atoms with Crippen molar-refractivity contribution in [2.45, 2.75) is 26.2 Å². The summed E-state index contributed by atoms with van der Waals surface area (Å²) in [6.45, 7) is 2.88. The minimum absolute atomic E-state index is 0.0609. The third kappa shape index (κ3) is 4.11. The molecule has 1 aromatic rings. The van der Waals surface area contributed by atoms with Crippen LogP contribution in [0.15, 0.2) is 18.2 Å². The van der Waals surface area contributed by atoms with Gasteiger partial charge in [-0.3, -0.25) is 4.79 Å². The second kappa shape index (κ2) is 6.58. The monoisotopic (exact) mass is 271 g/mol. The van der Waals surface area contributed by atoms with Crippen molar-refractivity contribution in [2.75, 3.05) is 20.2 Å². The van der Waals surface area contributed by atoms with Crippen LogP contribution in [0.4, 0.5) is 0 Å². The summed E-state index contributed by atoms with van der Waals surface area (Å²) in [5.41, 5.74) is 2.56. The Balaban J connectivity index is 2.14. The standard InChI is InChI=1S/C17H21NO2/c1-13-9-15(5-3-4-8-19)11-16(10-13)17(20)18(2)12-14-6-7-14/h9-11,14,19H,4,6-8,12H2,1-2H3. The van der Waals surface area contributed by atoms with E-state index in [1.807, 2.05) is 32.2 Å². The van der Waals surface area contributed by atoms with Gasteiger partial charge in [0.2, 0.25) is 0 Å². The molecule has 3 nitrogen and oxygen atoms in total. The summed E-state index contributed by atoms with van der Waals surface area (Å²) in [5, 5.41) is 8.74. The van der Waals surface area contributed by atoms with E-state index in [-0.39, 0.29) is 12.5 Å². The maximum atomic E-state index is 12.4. The highest BCUT2D eigenvalue weighted by Crippen LogP contribution is 2.29. The van der Waals surface area contributed by atoms with Gasteiger partial charge in [-0.2, -0.15) is 0 Å². The Morgan fingerprint density at radius 1 is 1.40 bits per heavy atom. The minimum atomic E-state index is 0.0609. The van der Waals surface area contributed by atoms with E-state index in [1.165, 1.54) is 12.8 Å². The van der Waals surface area contributed by atoms with E-state index in [9.17, 15) is 4.79 Å². The summed E-state index contributed by atoms with van der Waals surface area (Å²) in [4.78, 5) is 14.2. The number of hydrogen-bond donors (Lipinski definition) is 1. The van der Waals surface area contributed by atoms with Gasteiger partial charge in [0.05, 0.1) is 6.61 Å². The number of benzene rings is 1. The minimum Gasteiger partial charge on any atom is -0.395 e. The number of aliphatic hydroxyl groups is 1. The van der Waals surface area contributed by atoms with Gasteiger partial charge in [-0.05, 0) is 49.4 Å². The summed E-state index contributed by atoms with van der Waals surface area (Å²) in [7, 11) is 1.86. The molecule has 1 aliphatic rings. The van der Waals surface area contributed by atoms with Crippen LogP contribution in [0.3, 0.4) is 0 Å². The zero-order valence-corrected chi connectivity index (χ0v) is 12.1. The summed E-state index contributed by atoms with van der Waals surface area (Å²) in [6.07, 6.45) is 2.94. The molecule has 1 N–H and O–H groups in total. The normalized spacial score (nSPS) is 13.6. The van der Waals surface area contributed by atoms with Crippen LogP contribution in [0.25, 0.3) is 0 Å². The van der Waals surface area contributed by atoms with Gasteiger partial charge in [0.1, 0.15) is 0 Å². The van der Waals surface area contributed by atoms with Crippen LogP contribution in [0.1, 0.15) is 40.7 Å². The number of aliphatic hydroxyl groups excluding tert-OH is 1. The number of hydrogen-bond acceptors (Lipinski definition) is 2. The van der Waals surface area contributed by atoms with E-state index >= 15 is 0 Å². The lowest BCUT2D eigenvalue weighted by Gasteiger charge is -2.17. The first-order valence-corrected chi connectivity index (χ1v) is 7.07. The molecule has 1 aromatic carbocycles. The van der Waals surface area contributed by atoms with Crippen molar-refractivity contribution in [1.82, 2.24) is 4.90 Å². The lowest BCUT2D eigenvalue weighted by Crippen LogP contribution is -2.28. The lowest BCUT2D eigenvalue weighted by atomic mass is 10.1. The average molecular weight is 271 g/mol. The number of amides is 1. The molecule has 106 valence electrons. The Hall–Kier alpha value is -1.79. The highest BCUT2D eigenvalue weighted by Gasteiger charge is 2.25. The Kier molecular flexibility index (Phi) is 4.81. The molecule has 0 atom stereocenters. The van der Waals surface area contributed by atoms with Crippen molar-refractivity contribution in [1.29, 1.82) is 0 Å². The Bertz CT molecular complexity index is 550. The Labute approximate surface area is 120 Å². The lowest BCUT2D eigenvalue weighted by molar-refractivity contribution is 0.0788. The first-order chi connectivity index (χ1) is 9.60. The third-order valence-corrected chi connectivity index (χ3v) is 3.37. The predicted molar refractivity (Wildman–Crippen MR) is 79.4 cm³/mol. The van der Waals surface area contributed by atoms with Crippen LogP contribution < -0.4 is 0 Å². The molecule has 0 unspecified atom stereocenters. The van der Waals surface area contributed by atoms with Crippen molar-refractivity contribution in [3.8, 4) is 11.8 Å². The average Bonchev–Trinajstić information content (AvgIpc) is 3.21. The smallest absolute Gasteiger partial charge is 0.253 e. The van der Waals surface area contributed by atoms with E-state index in [0.717, 1.165) is 17.7 Å². The Morgan fingerprint density at radius 3 is 2.80 bits per heavy atom. The number of rotatable bonds is 4. The number of carbonyl (C=O) groups excluding carboxylic acids is 1. The fraction of sp³-hybridized carbons (Fsp3) is 0.471. The number of nitrogens with zero attached hydrogens (tertiary/aromatic N) is 1. The van der Waals surface area contributed by atoms with Gasteiger partial charge >= 0.3 is 0 Å². The van der Waals surface area contributed by atoms with Crippen molar-refractivity contribution in [3.05, 3.63) is 34.9 Å². The van der Waals surface area contributed by atoms with Crippen LogP contribution in [-0.4, -0.2) is 36.1 Å². The van der Waals surface area contributed by atoms with Gasteiger partial charge in [-0.15, -0.1) is 0 Å². The predicted octanol–water partition coefficient (Wildman–Crippen LogP) is 2.21. The molecule has 0 bridgehead atoms. The molecule has 0 radical (unpaired) electrons. The van der Waals surface area contributed by atoms with Crippen molar-refractivity contribution in [3.63, 3.8) is 0 Å². The van der Waals surface area contributed by atoms with Crippen LogP contribution in [0.2, 0.25) is 0 Å². The van der Waals surface area contributed by atoms with Gasteiger partial charge in [0, 0.05) is 31.1 Å². The molecule has 1 amide bonds. The molecule has 2 rings (SSSR count). The molecule has 0 aromatic heterocycles. The van der Waals surface area contributed by atoms with Crippen LogP contribution in [0, 0.1) is 24.7 Å². The molecule has 0 heterocycles. The van der Waals surface area contributed by atoms with E-state index in [0.29, 0.717) is 17.9 Å². The molecule has 0 spiro atoms. The van der Waals surface area contributed by atoms with Crippen LogP contribution in [-0.2, 0) is 0 Å². The van der Waals surface area contributed by atoms with Crippen molar-refractivity contribution >= 4 is 5.91 Å². The molecule has 0 saturated heterocycles. The zero-order valence-electron chi connectivity index (χ0n) is 12.1. The number of carbonyl (C=O) groups is 1. The zero-order chi connectivity index (χ0) is 14.5. The van der Waals surface area contributed by atoms with Gasteiger partial charge in [-0.1, -0.05) is 11.8 Å². The first kappa shape index (κ1) is 14.6. The molecule has 0 aliphatic heterocycles. The molecule has 3 heteroatoms. The topological polar surface area (TPSA) is 40.5 Å². The molecule has 1 fully saturated rings. The molecular weight excluding hydrogens is 250 g/mol. The summed E-state index contributed by atoms with van der Waals surface area (Å²) >= 11 is 0. The van der Waals surface area contributed by atoms with Gasteiger partial charge in [-0.25, -0.2) is 0 Å². The summed E-state index contributed by atoms with van der Waals surface area (Å²) < 4.78 is 0. The van der Waals surface area contributed by atoms with E-state index in [4.69, 9.17) is 5.11 Å². The second-order valence-electron chi connectivity index (χ2n) is 5.49. The maximum Gasteiger partial charge on any atom is 0.253 e. The first-order valence-electron chi connectivity index (χ1n) is 7.07. The van der Waals surface area contributed by atoms with Gasteiger partial charge in [0.15, 0.2) is 0 Å². The fourth-order valence-electron chi connectivity index (χ4n) is 2.19. The maximum absolute atomic E-state index is 12.4. The van der Waals surface area contributed by atoms with Crippen LogP contribution in [0.5, 0.6) is 0 Å². The highest BCUT2D eigenvalue weighted by atomic mass is 16.2. The van der Waals surface area contributed by atoms with Gasteiger partial charge in [0.25, 0.3) is 5.91 Å². The van der Waals surface area contributed by atoms with Gasteiger partial charge < -0.3 is 10.0 Å². The quantitative estimate of drug-likeness (QED) is 0.853. The number of aryl methyl sites for hydroxylation is 1. The Morgan fingerprint density at radius 2 is 2.15 bits per heavy atom. The van der Waals surface area contributed by atoms with Crippen molar-refractivity contribution < 1.29 is 9.90 Å². The highest BCUT2D eigenvalue weighted by molar-refractivity contribution is 5.94. The fourth-order valence-corrected chi connectivity index (χ4v) is 2.19. The van der Waals surface area contributed by atoms with Crippen LogP contribution >= 0.6 is 0 Å².